The third-order valence-electron chi connectivity index (χ3n) is 5.55. The number of anilines is 1. The van der Waals surface area contributed by atoms with Gasteiger partial charge in [-0.1, -0.05) is 57.9 Å². The summed E-state index contributed by atoms with van der Waals surface area (Å²) >= 11 is 0. The Balaban J connectivity index is 1.46. The van der Waals surface area contributed by atoms with Crippen LogP contribution in [-0.2, 0) is 6.42 Å². The molecular formula is C22H33N3O3. The number of aryl methyl sites for hydroxylation is 1. The van der Waals surface area contributed by atoms with Gasteiger partial charge in [-0.25, -0.2) is 4.79 Å². The minimum Gasteiger partial charge on any atom is -0.465 e. The number of rotatable bonds is 11. The summed E-state index contributed by atoms with van der Waals surface area (Å²) in [5, 5.41) is 11.4. The number of fused-ring (bicyclic) bond motifs is 1. The largest absolute Gasteiger partial charge is 0.465 e. The van der Waals surface area contributed by atoms with Crippen LogP contribution in [0, 0.1) is 0 Å². The predicted molar refractivity (Wildman–Crippen MR) is 112 cm³/mol. The maximum absolute atomic E-state index is 10.8. The van der Waals surface area contributed by atoms with Crippen molar-refractivity contribution in [1.82, 2.24) is 10.3 Å². The molecule has 1 fully saturated rings. The maximum atomic E-state index is 10.8. The smallest absolute Gasteiger partial charge is 0.404 e. The molecule has 1 aliphatic rings. The average Bonchev–Trinajstić information content (AvgIpc) is 3.29. The second kappa shape index (κ2) is 10.3. The molecule has 1 aliphatic heterocycles. The highest BCUT2D eigenvalue weighted by Crippen LogP contribution is 2.26. The molecule has 0 unspecified atom stereocenters. The highest BCUT2D eigenvalue weighted by atomic mass is 16.4. The van der Waals surface area contributed by atoms with Gasteiger partial charge in [-0.2, -0.15) is 4.98 Å². The fourth-order valence-corrected chi connectivity index (χ4v) is 3.94. The van der Waals surface area contributed by atoms with Crippen LogP contribution in [0.2, 0.25) is 0 Å². The number of hydrogen-bond donors (Lipinski definition) is 2. The monoisotopic (exact) mass is 387 g/mol. The molecule has 1 atom stereocenters. The molecule has 0 spiro atoms. The molecule has 6 heteroatoms. The lowest BCUT2D eigenvalue weighted by Crippen LogP contribution is -2.36. The Morgan fingerprint density at radius 2 is 1.96 bits per heavy atom. The summed E-state index contributed by atoms with van der Waals surface area (Å²) in [6.45, 7) is 3.61. The van der Waals surface area contributed by atoms with Crippen molar-refractivity contribution in [2.45, 2.75) is 77.2 Å². The minimum atomic E-state index is -0.977. The van der Waals surface area contributed by atoms with Gasteiger partial charge in [0, 0.05) is 13.1 Å². The standard InChI is InChI=1S/C22H33N3O3/c1-2-3-4-5-6-7-8-9-10-17-11-12-19-20(15-17)28-21(24-19)25-14-13-18(16-25)23-22(26)27/h11-12,15,18,23H,2-10,13-14,16H2,1H3,(H,26,27)/t18-/m0/s1. The van der Waals surface area contributed by atoms with Crippen molar-refractivity contribution >= 4 is 23.2 Å². The third kappa shape index (κ3) is 5.88. The zero-order valence-corrected chi connectivity index (χ0v) is 17.0. The Bertz CT molecular complexity index is 759. The fourth-order valence-electron chi connectivity index (χ4n) is 3.94. The first-order valence-electron chi connectivity index (χ1n) is 10.8. The summed E-state index contributed by atoms with van der Waals surface area (Å²) in [5.41, 5.74) is 2.99. The number of unbranched alkanes of at least 4 members (excludes halogenated alkanes) is 7. The quantitative estimate of drug-likeness (QED) is 0.508. The molecule has 3 rings (SSSR count). The molecule has 1 saturated heterocycles. The van der Waals surface area contributed by atoms with Crippen LogP contribution in [-0.4, -0.2) is 35.3 Å². The summed E-state index contributed by atoms with van der Waals surface area (Å²) in [5.74, 6) is 0. The third-order valence-corrected chi connectivity index (χ3v) is 5.55. The number of hydrogen-bond acceptors (Lipinski definition) is 4. The van der Waals surface area contributed by atoms with Gasteiger partial charge in [0.1, 0.15) is 5.52 Å². The molecule has 6 nitrogen and oxygen atoms in total. The van der Waals surface area contributed by atoms with E-state index in [1.807, 2.05) is 11.0 Å². The van der Waals surface area contributed by atoms with Crippen LogP contribution in [0.5, 0.6) is 0 Å². The van der Waals surface area contributed by atoms with Gasteiger partial charge in [-0.3, -0.25) is 0 Å². The molecule has 1 aromatic carbocycles. The SMILES string of the molecule is CCCCCCCCCCc1ccc2nc(N3CC[C@H](NC(=O)O)C3)oc2c1. The van der Waals surface area contributed by atoms with E-state index in [9.17, 15) is 4.79 Å². The van der Waals surface area contributed by atoms with Crippen LogP contribution in [0.15, 0.2) is 22.6 Å². The lowest BCUT2D eigenvalue weighted by molar-refractivity contribution is 0.191. The van der Waals surface area contributed by atoms with Crippen LogP contribution in [0.3, 0.4) is 0 Å². The van der Waals surface area contributed by atoms with Crippen LogP contribution < -0.4 is 10.2 Å². The summed E-state index contributed by atoms with van der Waals surface area (Å²) in [4.78, 5) is 17.4. The Morgan fingerprint density at radius 3 is 2.71 bits per heavy atom. The molecule has 0 radical (unpaired) electrons. The van der Waals surface area contributed by atoms with Crippen LogP contribution in [0.4, 0.5) is 10.8 Å². The van der Waals surface area contributed by atoms with Gasteiger partial charge in [0.15, 0.2) is 5.58 Å². The maximum Gasteiger partial charge on any atom is 0.404 e. The van der Waals surface area contributed by atoms with E-state index in [1.54, 1.807) is 0 Å². The molecule has 2 N–H and O–H groups in total. The van der Waals surface area contributed by atoms with Gasteiger partial charge in [-0.15, -0.1) is 0 Å². The van der Waals surface area contributed by atoms with Crippen LogP contribution in [0.25, 0.3) is 11.1 Å². The van der Waals surface area contributed by atoms with Crippen molar-refractivity contribution in [3.05, 3.63) is 23.8 Å². The van der Waals surface area contributed by atoms with E-state index in [4.69, 9.17) is 9.52 Å². The van der Waals surface area contributed by atoms with Crippen molar-refractivity contribution in [3.63, 3.8) is 0 Å². The van der Waals surface area contributed by atoms with E-state index in [1.165, 1.54) is 56.9 Å². The van der Waals surface area contributed by atoms with E-state index in [-0.39, 0.29) is 6.04 Å². The topological polar surface area (TPSA) is 78.6 Å². The molecule has 0 saturated carbocycles. The Kier molecular flexibility index (Phi) is 7.57. The molecule has 0 aliphatic carbocycles. The molecule has 28 heavy (non-hydrogen) atoms. The average molecular weight is 388 g/mol. The van der Waals surface area contributed by atoms with Gasteiger partial charge in [0.25, 0.3) is 6.01 Å². The van der Waals surface area contributed by atoms with Gasteiger partial charge in [0.05, 0.1) is 6.04 Å². The van der Waals surface area contributed by atoms with Crippen molar-refractivity contribution in [2.24, 2.45) is 0 Å². The van der Waals surface area contributed by atoms with E-state index in [0.29, 0.717) is 12.6 Å². The summed E-state index contributed by atoms with van der Waals surface area (Å²) in [6.07, 6.45) is 11.5. The Hall–Kier alpha value is -2.24. The summed E-state index contributed by atoms with van der Waals surface area (Å²) in [7, 11) is 0. The molecule has 1 amide bonds. The first kappa shape index (κ1) is 20.5. The fraction of sp³-hybridized carbons (Fsp3) is 0.636. The Morgan fingerprint density at radius 1 is 1.21 bits per heavy atom. The van der Waals surface area contributed by atoms with Gasteiger partial charge >= 0.3 is 6.09 Å². The van der Waals surface area contributed by atoms with Crippen LogP contribution >= 0.6 is 0 Å². The van der Waals surface area contributed by atoms with Crippen molar-refractivity contribution in [1.29, 1.82) is 0 Å². The summed E-state index contributed by atoms with van der Waals surface area (Å²) in [6, 6.07) is 6.81. The second-order valence-corrected chi connectivity index (χ2v) is 7.90. The second-order valence-electron chi connectivity index (χ2n) is 7.90. The zero-order chi connectivity index (χ0) is 19.8. The summed E-state index contributed by atoms with van der Waals surface area (Å²) < 4.78 is 5.97. The predicted octanol–water partition coefficient (Wildman–Crippen LogP) is 5.36. The van der Waals surface area contributed by atoms with E-state index in [2.05, 4.69) is 29.4 Å². The molecule has 0 bridgehead atoms. The number of nitrogens with zero attached hydrogens (tertiary/aromatic N) is 2. The number of amides is 1. The minimum absolute atomic E-state index is 0.0648. The van der Waals surface area contributed by atoms with Gasteiger partial charge in [-0.05, 0) is 37.0 Å². The number of carbonyl (C=O) groups is 1. The van der Waals surface area contributed by atoms with Crippen LogP contribution in [0.1, 0.15) is 70.3 Å². The lowest BCUT2D eigenvalue weighted by atomic mass is 10.0. The molecular weight excluding hydrogens is 354 g/mol. The Labute approximate surface area is 167 Å². The number of benzene rings is 1. The van der Waals surface area contributed by atoms with E-state index >= 15 is 0 Å². The van der Waals surface area contributed by atoms with Crippen molar-refractivity contribution in [3.8, 4) is 0 Å². The first-order valence-corrected chi connectivity index (χ1v) is 10.8. The number of carboxylic acid groups (broad SMARTS) is 1. The highest BCUT2D eigenvalue weighted by Gasteiger charge is 2.27. The molecule has 1 aromatic heterocycles. The molecule has 2 heterocycles. The zero-order valence-electron chi connectivity index (χ0n) is 17.0. The highest BCUT2D eigenvalue weighted by molar-refractivity contribution is 5.75. The normalized spacial score (nSPS) is 16.8. The van der Waals surface area contributed by atoms with E-state index < -0.39 is 6.09 Å². The lowest BCUT2D eigenvalue weighted by Gasteiger charge is -2.13. The number of oxazole rings is 1. The number of aromatic nitrogens is 1. The van der Waals surface area contributed by atoms with Gasteiger partial charge < -0.3 is 19.7 Å². The van der Waals surface area contributed by atoms with E-state index in [0.717, 1.165) is 30.5 Å². The molecule has 154 valence electrons. The van der Waals surface area contributed by atoms with Crippen molar-refractivity contribution in [2.75, 3.05) is 18.0 Å². The number of nitrogens with one attached hydrogen (secondary N) is 1. The molecule has 2 aromatic rings. The first-order chi connectivity index (χ1) is 13.7. The van der Waals surface area contributed by atoms with Gasteiger partial charge in [0.2, 0.25) is 0 Å². The van der Waals surface area contributed by atoms with Crippen molar-refractivity contribution < 1.29 is 14.3 Å².